The SMILES string of the molecule is O=C(Nc1ncns1)Nc1ccc(F)cc1C(=O)C1CCCC1. The van der Waals surface area contributed by atoms with E-state index in [-0.39, 0.29) is 17.3 Å². The molecule has 120 valence electrons. The monoisotopic (exact) mass is 334 g/mol. The third-order valence-electron chi connectivity index (χ3n) is 3.80. The summed E-state index contributed by atoms with van der Waals surface area (Å²) in [5, 5.41) is 5.43. The van der Waals surface area contributed by atoms with E-state index in [2.05, 4.69) is 20.0 Å². The number of nitrogens with one attached hydrogen (secondary N) is 2. The van der Waals surface area contributed by atoms with Gasteiger partial charge in [0.1, 0.15) is 12.1 Å². The Hall–Kier alpha value is -2.35. The number of hydrogen-bond donors (Lipinski definition) is 2. The molecule has 3 rings (SSSR count). The van der Waals surface area contributed by atoms with Crippen molar-refractivity contribution in [3.05, 3.63) is 35.9 Å². The lowest BCUT2D eigenvalue weighted by Crippen LogP contribution is -2.22. The zero-order chi connectivity index (χ0) is 16.2. The molecule has 0 aliphatic heterocycles. The van der Waals surface area contributed by atoms with Gasteiger partial charge in [-0.05, 0) is 31.0 Å². The highest BCUT2D eigenvalue weighted by atomic mass is 32.1. The molecule has 0 bridgehead atoms. The van der Waals surface area contributed by atoms with Crippen molar-refractivity contribution in [1.29, 1.82) is 0 Å². The topological polar surface area (TPSA) is 84.0 Å². The number of Topliss-reactive ketones (excluding diaryl/α,β-unsaturated/α-hetero) is 1. The first-order chi connectivity index (χ1) is 11.1. The van der Waals surface area contributed by atoms with Crippen molar-refractivity contribution in [2.24, 2.45) is 5.92 Å². The average Bonchev–Trinajstić information content (AvgIpc) is 3.21. The fourth-order valence-electron chi connectivity index (χ4n) is 2.72. The van der Waals surface area contributed by atoms with Crippen LogP contribution >= 0.6 is 11.5 Å². The van der Waals surface area contributed by atoms with Gasteiger partial charge < -0.3 is 5.32 Å². The van der Waals surface area contributed by atoms with Crippen LogP contribution in [0.2, 0.25) is 0 Å². The number of halogens is 1. The maximum absolute atomic E-state index is 13.5. The molecular formula is C15H15FN4O2S. The van der Waals surface area contributed by atoms with Gasteiger partial charge in [-0.25, -0.2) is 14.2 Å². The van der Waals surface area contributed by atoms with Crippen LogP contribution in [0.5, 0.6) is 0 Å². The molecular weight excluding hydrogens is 319 g/mol. The number of aromatic nitrogens is 2. The van der Waals surface area contributed by atoms with Crippen molar-refractivity contribution < 1.29 is 14.0 Å². The molecule has 0 atom stereocenters. The van der Waals surface area contributed by atoms with E-state index in [9.17, 15) is 14.0 Å². The Bertz CT molecular complexity index is 714. The Morgan fingerprint density at radius 3 is 2.70 bits per heavy atom. The number of carbonyl (C=O) groups is 2. The molecule has 1 aliphatic rings. The van der Waals surface area contributed by atoms with E-state index in [1.54, 1.807) is 0 Å². The van der Waals surface area contributed by atoms with Gasteiger partial charge in [0.25, 0.3) is 0 Å². The van der Waals surface area contributed by atoms with Crippen LogP contribution in [0.3, 0.4) is 0 Å². The van der Waals surface area contributed by atoms with E-state index in [0.29, 0.717) is 10.8 Å². The van der Waals surface area contributed by atoms with Gasteiger partial charge in [-0.3, -0.25) is 10.1 Å². The number of anilines is 2. The summed E-state index contributed by atoms with van der Waals surface area (Å²) in [6.45, 7) is 0. The number of carbonyl (C=O) groups excluding carboxylic acids is 2. The first-order valence-corrected chi connectivity index (χ1v) is 8.09. The average molecular weight is 334 g/mol. The van der Waals surface area contributed by atoms with E-state index in [1.165, 1.54) is 24.5 Å². The first kappa shape index (κ1) is 15.5. The smallest absolute Gasteiger partial charge is 0.307 e. The molecule has 1 saturated carbocycles. The lowest BCUT2D eigenvalue weighted by molar-refractivity contribution is 0.0923. The highest BCUT2D eigenvalue weighted by Gasteiger charge is 2.26. The maximum atomic E-state index is 13.5. The molecule has 0 unspecified atom stereocenters. The van der Waals surface area contributed by atoms with Gasteiger partial charge in [0, 0.05) is 23.0 Å². The van der Waals surface area contributed by atoms with E-state index >= 15 is 0 Å². The second-order valence-corrected chi connectivity index (χ2v) is 6.14. The quantitative estimate of drug-likeness (QED) is 0.835. The van der Waals surface area contributed by atoms with E-state index in [4.69, 9.17) is 0 Å². The van der Waals surface area contributed by atoms with Crippen molar-refractivity contribution in [3.63, 3.8) is 0 Å². The predicted octanol–water partition coefficient (Wildman–Crippen LogP) is 3.69. The molecule has 0 saturated heterocycles. The fraction of sp³-hybridized carbons (Fsp3) is 0.333. The van der Waals surface area contributed by atoms with Crippen LogP contribution in [0.15, 0.2) is 24.5 Å². The summed E-state index contributed by atoms with van der Waals surface area (Å²) in [4.78, 5) is 28.4. The van der Waals surface area contributed by atoms with Crippen LogP contribution in [0.1, 0.15) is 36.0 Å². The van der Waals surface area contributed by atoms with Gasteiger partial charge in [0.2, 0.25) is 5.13 Å². The number of rotatable bonds is 4. The number of ketones is 1. The molecule has 1 aromatic carbocycles. The summed E-state index contributed by atoms with van der Waals surface area (Å²) in [5.74, 6) is -0.710. The van der Waals surface area contributed by atoms with Crippen molar-refractivity contribution >= 4 is 34.2 Å². The van der Waals surface area contributed by atoms with Gasteiger partial charge >= 0.3 is 6.03 Å². The van der Waals surface area contributed by atoms with Crippen molar-refractivity contribution in [2.45, 2.75) is 25.7 Å². The molecule has 6 nitrogen and oxygen atoms in total. The standard InChI is InChI=1S/C15H15FN4O2S/c16-10-5-6-12(19-14(22)20-15-17-8-18-23-15)11(7-10)13(21)9-3-1-2-4-9/h5-9H,1-4H2,(H2,17,18,19,20,22). The van der Waals surface area contributed by atoms with Crippen LogP contribution in [-0.2, 0) is 0 Å². The van der Waals surface area contributed by atoms with E-state index in [1.807, 2.05) is 0 Å². The van der Waals surface area contributed by atoms with Gasteiger partial charge in [-0.2, -0.15) is 4.37 Å². The Kier molecular flexibility index (Phi) is 4.61. The largest absolute Gasteiger partial charge is 0.325 e. The second kappa shape index (κ2) is 6.82. The Morgan fingerprint density at radius 2 is 2.00 bits per heavy atom. The maximum Gasteiger partial charge on any atom is 0.325 e. The zero-order valence-corrected chi connectivity index (χ0v) is 13.0. The molecule has 1 fully saturated rings. The lowest BCUT2D eigenvalue weighted by Gasteiger charge is -2.13. The highest BCUT2D eigenvalue weighted by molar-refractivity contribution is 7.09. The van der Waals surface area contributed by atoms with Crippen LogP contribution in [-0.4, -0.2) is 21.2 Å². The summed E-state index contributed by atoms with van der Waals surface area (Å²) in [7, 11) is 0. The van der Waals surface area contributed by atoms with E-state index < -0.39 is 11.8 Å². The molecule has 0 radical (unpaired) electrons. The van der Waals surface area contributed by atoms with Crippen molar-refractivity contribution in [3.8, 4) is 0 Å². The van der Waals surface area contributed by atoms with E-state index in [0.717, 1.165) is 37.2 Å². The molecule has 8 heteroatoms. The summed E-state index contributed by atoms with van der Waals surface area (Å²) >= 11 is 1.04. The third-order valence-corrected chi connectivity index (χ3v) is 4.38. The van der Waals surface area contributed by atoms with Crippen LogP contribution < -0.4 is 10.6 Å². The van der Waals surface area contributed by atoms with Crippen LogP contribution in [0.25, 0.3) is 0 Å². The van der Waals surface area contributed by atoms with Gasteiger partial charge in [-0.15, -0.1) is 0 Å². The number of hydrogen-bond acceptors (Lipinski definition) is 5. The van der Waals surface area contributed by atoms with Crippen LogP contribution in [0.4, 0.5) is 20.0 Å². The van der Waals surface area contributed by atoms with Crippen molar-refractivity contribution in [2.75, 3.05) is 10.6 Å². The minimum atomic E-state index is -0.547. The third kappa shape index (κ3) is 3.70. The second-order valence-electron chi connectivity index (χ2n) is 5.36. The molecule has 2 aromatic rings. The number of benzene rings is 1. The molecule has 23 heavy (non-hydrogen) atoms. The van der Waals surface area contributed by atoms with Gasteiger partial charge in [0.05, 0.1) is 5.69 Å². The van der Waals surface area contributed by atoms with Gasteiger partial charge in [0.15, 0.2) is 5.78 Å². The summed E-state index contributed by atoms with van der Waals surface area (Å²) < 4.78 is 17.3. The summed E-state index contributed by atoms with van der Waals surface area (Å²) in [5.41, 5.74) is 0.509. The lowest BCUT2D eigenvalue weighted by atomic mass is 9.95. The molecule has 2 N–H and O–H groups in total. The molecule has 1 heterocycles. The minimum Gasteiger partial charge on any atom is -0.307 e. The highest BCUT2D eigenvalue weighted by Crippen LogP contribution is 2.30. The minimum absolute atomic E-state index is 0.0939. The first-order valence-electron chi connectivity index (χ1n) is 7.32. The molecule has 2 amide bonds. The van der Waals surface area contributed by atoms with Crippen molar-refractivity contribution in [1.82, 2.24) is 9.36 Å². The fourth-order valence-corrected chi connectivity index (χ4v) is 3.14. The van der Waals surface area contributed by atoms with Gasteiger partial charge in [-0.1, -0.05) is 12.8 Å². The Balaban J connectivity index is 1.78. The Labute approximate surface area is 136 Å². The summed E-state index contributed by atoms with van der Waals surface area (Å²) in [6.07, 6.45) is 4.96. The van der Waals surface area contributed by atoms with Crippen LogP contribution in [0, 0.1) is 11.7 Å². The number of amides is 2. The normalized spacial score (nSPS) is 14.7. The summed E-state index contributed by atoms with van der Waals surface area (Å²) in [6, 6.07) is 3.25. The number of urea groups is 1. The Morgan fingerprint density at radius 1 is 1.22 bits per heavy atom. The zero-order valence-electron chi connectivity index (χ0n) is 12.2. The molecule has 1 aliphatic carbocycles. The predicted molar refractivity (Wildman–Crippen MR) is 85.2 cm³/mol. The molecule has 0 spiro atoms. The molecule has 1 aromatic heterocycles. The number of nitrogens with zero attached hydrogens (tertiary/aromatic N) is 2.